The Bertz CT molecular complexity index is 1080. The first kappa shape index (κ1) is 19.2. The van der Waals surface area contributed by atoms with Gasteiger partial charge in [-0.2, -0.15) is 0 Å². The summed E-state index contributed by atoms with van der Waals surface area (Å²) in [7, 11) is 1.64. The number of rotatable bonds is 6. The van der Waals surface area contributed by atoms with Crippen LogP contribution in [0.25, 0.3) is 10.9 Å². The van der Waals surface area contributed by atoms with E-state index in [2.05, 4.69) is 20.5 Å². The summed E-state index contributed by atoms with van der Waals surface area (Å²) in [6.45, 7) is 3.39. The van der Waals surface area contributed by atoms with Crippen LogP contribution >= 0.6 is 0 Å². The lowest BCUT2D eigenvalue weighted by molar-refractivity contribution is -0.914. The largest absolute Gasteiger partial charge is 0.497 e. The highest BCUT2D eigenvalue weighted by molar-refractivity contribution is 5.80. The van der Waals surface area contributed by atoms with E-state index in [1.807, 2.05) is 28.9 Å². The van der Waals surface area contributed by atoms with Crippen LogP contribution in [0.2, 0.25) is 0 Å². The van der Waals surface area contributed by atoms with Gasteiger partial charge in [0.15, 0.2) is 6.04 Å². The van der Waals surface area contributed by atoms with E-state index < -0.39 is 0 Å². The lowest BCUT2D eigenvalue weighted by Gasteiger charge is -2.24. The number of hydrogen-bond donors (Lipinski definition) is 2. The van der Waals surface area contributed by atoms with E-state index in [-0.39, 0.29) is 17.7 Å². The van der Waals surface area contributed by atoms with Gasteiger partial charge in [0.25, 0.3) is 5.56 Å². The Balaban J connectivity index is 1.59. The molecule has 2 aliphatic rings. The first-order valence-electron chi connectivity index (χ1n) is 10.7. The number of benzene rings is 1. The van der Waals surface area contributed by atoms with Crippen molar-refractivity contribution in [1.82, 2.24) is 25.2 Å². The van der Waals surface area contributed by atoms with Gasteiger partial charge in [-0.15, -0.1) is 5.10 Å². The van der Waals surface area contributed by atoms with Crippen LogP contribution in [-0.4, -0.2) is 58.1 Å². The highest BCUT2D eigenvalue weighted by atomic mass is 16.5. The maximum absolute atomic E-state index is 13.1. The number of ether oxygens (including phenoxy) is 2. The summed E-state index contributed by atoms with van der Waals surface area (Å²) in [4.78, 5) is 17.5. The van der Waals surface area contributed by atoms with E-state index >= 15 is 0 Å². The number of aromatic amines is 1. The van der Waals surface area contributed by atoms with Crippen molar-refractivity contribution in [3.05, 3.63) is 46.0 Å². The highest BCUT2D eigenvalue weighted by Gasteiger charge is 2.36. The minimum Gasteiger partial charge on any atom is -0.497 e. The van der Waals surface area contributed by atoms with Gasteiger partial charge in [0, 0.05) is 30.4 Å². The van der Waals surface area contributed by atoms with E-state index in [0.717, 1.165) is 67.9 Å². The van der Waals surface area contributed by atoms with E-state index in [1.54, 1.807) is 7.11 Å². The summed E-state index contributed by atoms with van der Waals surface area (Å²) < 4.78 is 13.0. The molecule has 2 atom stereocenters. The van der Waals surface area contributed by atoms with Crippen molar-refractivity contribution < 1.29 is 14.4 Å². The molecular weight excluding hydrogens is 384 g/mol. The predicted molar refractivity (Wildman–Crippen MR) is 110 cm³/mol. The van der Waals surface area contributed by atoms with Crippen LogP contribution in [0.5, 0.6) is 5.75 Å². The number of hydrogen-bond acceptors (Lipinski definition) is 6. The molecule has 9 heteroatoms. The summed E-state index contributed by atoms with van der Waals surface area (Å²) in [6, 6.07) is 7.42. The average molecular weight is 411 g/mol. The minimum absolute atomic E-state index is 0.0938. The fraction of sp³-hybridized carbons (Fsp3) is 0.524. The van der Waals surface area contributed by atoms with E-state index in [1.165, 1.54) is 4.90 Å². The fourth-order valence-electron chi connectivity index (χ4n) is 4.73. The van der Waals surface area contributed by atoms with Gasteiger partial charge in [-0.05, 0) is 47.5 Å². The summed E-state index contributed by atoms with van der Waals surface area (Å²) in [5, 5.41) is 13.5. The van der Waals surface area contributed by atoms with Gasteiger partial charge in [0.05, 0.1) is 38.4 Å². The molecule has 2 aromatic heterocycles. The van der Waals surface area contributed by atoms with Crippen LogP contribution in [0, 0.1) is 0 Å². The van der Waals surface area contributed by atoms with Gasteiger partial charge in [0.2, 0.25) is 5.82 Å². The van der Waals surface area contributed by atoms with Gasteiger partial charge < -0.3 is 19.4 Å². The number of fused-ring (bicyclic) bond motifs is 1. The topological polar surface area (TPSA) is 99.4 Å². The third-order valence-electron chi connectivity index (χ3n) is 6.26. The number of aromatic nitrogens is 5. The molecule has 9 nitrogen and oxygen atoms in total. The number of methoxy groups -OCH3 is 1. The van der Waals surface area contributed by atoms with E-state index in [9.17, 15) is 4.79 Å². The van der Waals surface area contributed by atoms with Crippen molar-refractivity contribution in [1.29, 1.82) is 0 Å². The molecule has 2 aliphatic heterocycles. The molecule has 0 saturated carbocycles. The summed E-state index contributed by atoms with van der Waals surface area (Å²) in [5.41, 5.74) is 1.39. The molecule has 0 aliphatic carbocycles. The summed E-state index contributed by atoms with van der Waals surface area (Å²) in [5.74, 6) is 1.49. The standard InChI is InChI=1S/C21H26N6O3/c1-29-15-6-7-18-14(11-15)12-17(21(28)22-18)19(26-8-2-3-9-26)20-23-24-25-27(20)13-16-5-4-10-30-16/h6-7,11-12,16,19H,2-5,8-10,13H2,1H3,(H,22,28)/p+1/t16-,19+/m0/s1. The maximum Gasteiger partial charge on any atom is 0.258 e. The van der Waals surface area contributed by atoms with Gasteiger partial charge in [0.1, 0.15) is 5.75 Å². The first-order valence-corrected chi connectivity index (χ1v) is 10.7. The molecule has 0 amide bonds. The van der Waals surface area contributed by atoms with Crippen molar-refractivity contribution in [3.8, 4) is 5.75 Å². The fourth-order valence-corrected chi connectivity index (χ4v) is 4.73. The zero-order valence-electron chi connectivity index (χ0n) is 17.1. The zero-order chi connectivity index (χ0) is 20.5. The van der Waals surface area contributed by atoms with E-state index in [0.29, 0.717) is 12.1 Å². The number of H-pyrrole nitrogens is 1. The number of pyridine rings is 1. The molecule has 158 valence electrons. The summed E-state index contributed by atoms with van der Waals surface area (Å²) >= 11 is 0. The van der Waals surface area contributed by atoms with Crippen molar-refractivity contribution in [3.63, 3.8) is 0 Å². The second-order valence-electron chi connectivity index (χ2n) is 8.16. The maximum atomic E-state index is 13.1. The van der Waals surface area contributed by atoms with Gasteiger partial charge in [-0.3, -0.25) is 4.79 Å². The third-order valence-corrected chi connectivity index (χ3v) is 6.26. The van der Waals surface area contributed by atoms with Crippen LogP contribution in [0.3, 0.4) is 0 Å². The Morgan fingerprint density at radius 1 is 1.30 bits per heavy atom. The SMILES string of the molecule is COc1ccc2[nH]c(=O)c([C@H](c3nnnn3C[C@@H]3CCCO3)[NH+]3CCCC3)cc2c1. The summed E-state index contributed by atoms with van der Waals surface area (Å²) in [6.07, 6.45) is 4.48. The molecule has 2 fully saturated rings. The average Bonchev–Trinajstić information content (AvgIpc) is 3.53. The second-order valence-corrected chi connectivity index (χ2v) is 8.16. The number of likely N-dealkylation sites (tertiary alicyclic amines) is 1. The first-order chi connectivity index (χ1) is 14.7. The highest BCUT2D eigenvalue weighted by Crippen LogP contribution is 2.23. The Morgan fingerprint density at radius 2 is 2.17 bits per heavy atom. The Kier molecular flexibility index (Phi) is 5.22. The number of quaternary nitrogens is 1. The molecule has 0 unspecified atom stereocenters. The van der Waals surface area contributed by atoms with Crippen LogP contribution in [0.4, 0.5) is 0 Å². The minimum atomic E-state index is -0.219. The molecule has 5 rings (SSSR count). The zero-order valence-corrected chi connectivity index (χ0v) is 17.1. The lowest BCUT2D eigenvalue weighted by atomic mass is 10.0. The lowest BCUT2D eigenvalue weighted by Crippen LogP contribution is -3.10. The van der Waals surface area contributed by atoms with Crippen molar-refractivity contribution >= 4 is 10.9 Å². The molecule has 30 heavy (non-hydrogen) atoms. The molecule has 0 spiro atoms. The van der Waals surface area contributed by atoms with Crippen molar-refractivity contribution in [2.75, 3.05) is 26.8 Å². The van der Waals surface area contributed by atoms with Gasteiger partial charge in [-0.1, -0.05) is 0 Å². The number of tetrazole rings is 1. The molecule has 1 aromatic carbocycles. The molecule has 2 saturated heterocycles. The smallest absolute Gasteiger partial charge is 0.258 e. The molecule has 3 aromatic rings. The van der Waals surface area contributed by atoms with Crippen LogP contribution in [0.1, 0.15) is 43.1 Å². The molecule has 2 N–H and O–H groups in total. The quantitative estimate of drug-likeness (QED) is 0.612. The monoisotopic (exact) mass is 411 g/mol. The van der Waals surface area contributed by atoms with Gasteiger partial charge >= 0.3 is 0 Å². The Morgan fingerprint density at radius 3 is 2.93 bits per heavy atom. The van der Waals surface area contributed by atoms with Gasteiger partial charge in [-0.25, -0.2) is 4.68 Å². The second kappa shape index (κ2) is 8.16. The van der Waals surface area contributed by atoms with E-state index in [4.69, 9.17) is 9.47 Å². The van der Waals surface area contributed by atoms with Crippen molar-refractivity contribution in [2.24, 2.45) is 0 Å². The molecule has 0 bridgehead atoms. The molecule has 4 heterocycles. The number of nitrogens with one attached hydrogen (secondary N) is 2. The van der Waals surface area contributed by atoms with Crippen molar-refractivity contribution in [2.45, 2.75) is 44.4 Å². The Hall–Kier alpha value is -2.78. The van der Waals surface area contributed by atoms with Crippen LogP contribution in [0.15, 0.2) is 29.1 Å². The van der Waals surface area contributed by atoms with Crippen LogP contribution < -0.4 is 15.2 Å². The van der Waals surface area contributed by atoms with Crippen LogP contribution in [-0.2, 0) is 11.3 Å². The third kappa shape index (κ3) is 3.59. The Labute approximate surface area is 174 Å². The number of nitrogens with zero attached hydrogens (tertiary/aromatic N) is 4. The normalized spacial score (nSPS) is 20.8. The predicted octanol–water partition coefficient (Wildman–Crippen LogP) is 0.470. The molecular formula is C21H27N6O3+. The molecule has 0 radical (unpaired) electrons.